The fourth-order valence-electron chi connectivity index (χ4n) is 2.41. The molecule has 0 aliphatic rings. The summed E-state index contributed by atoms with van der Waals surface area (Å²) in [6.07, 6.45) is 0. The molecule has 0 heterocycles. The lowest BCUT2D eigenvalue weighted by atomic mass is 10.1. The number of ether oxygens (including phenoxy) is 3. The van der Waals surface area contributed by atoms with Gasteiger partial charge < -0.3 is 14.2 Å². The third-order valence-electron chi connectivity index (χ3n) is 3.73. The molecule has 0 amide bonds. The monoisotopic (exact) mass is 399 g/mol. The molecule has 26 heavy (non-hydrogen) atoms. The average molecular weight is 400 g/mol. The highest BCUT2D eigenvalue weighted by Gasteiger charge is 2.20. The first kappa shape index (κ1) is 20.4. The van der Waals surface area contributed by atoms with Gasteiger partial charge in [0.05, 0.1) is 14.2 Å². The third kappa shape index (κ3) is 4.81. The normalized spacial score (nSPS) is 11.3. The van der Waals surface area contributed by atoms with Crippen LogP contribution < -0.4 is 18.9 Å². The van der Waals surface area contributed by atoms with Crippen molar-refractivity contribution in [3.05, 3.63) is 46.5 Å². The minimum Gasteiger partial charge on any atom is -0.497 e. The maximum Gasteiger partial charge on any atom is 0.244 e. The lowest BCUT2D eigenvalue weighted by molar-refractivity contribution is 0.322. The average Bonchev–Trinajstić information content (AvgIpc) is 2.62. The molecule has 0 fully saturated rings. The van der Waals surface area contributed by atoms with Gasteiger partial charge in [0.1, 0.15) is 28.8 Å². The van der Waals surface area contributed by atoms with Crippen molar-refractivity contribution in [2.24, 2.45) is 0 Å². The Bertz CT molecular complexity index is 860. The molecular weight excluding hydrogens is 378 g/mol. The van der Waals surface area contributed by atoms with Crippen LogP contribution in [0.15, 0.2) is 35.2 Å². The lowest BCUT2D eigenvalue weighted by Gasteiger charge is -2.13. The Kier molecular flexibility index (Phi) is 6.75. The van der Waals surface area contributed by atoms with E-state index < -0.39 is 10.0 Å². The summed E-state index contributed by atoms with van der Waals surface area (Å²) in [5.74, 6) is 1.31. The molecule has 0 radical (unpaired) electrons. The summed E-state index contributed by atoms with van der Waals surface area (Å²) < 4.78 is 43.4. The van der Waals surface area contributed by atoms with E-state index in [2.05, 4.69) is 4.72 Å². The van der Waals surface area contributed by atoms with E-state index in [-0.39, 0.29) is 23.8 Å². The zero-order chi connectivity index (χ0) is 19.3. The first-order valence-corrected chi connectivity index (χ1v) is 9.76. The maximum atomic E-state index is 12.5. The van der Waals surface area contributed by atoms with E-state index in [1.807, 2.05) is 26.0 Å². The van der Waals surface area contributed by atoms with Gasteiger partial charge in [-0.3, -0.25) is 0 Å². The van der Waals surface area contributed by atoms with E-state index in [9.17, 15) is 8.42 Å². The van der Waals surface area contributed by atoms with Gasteiger partial charge in [0, 0.05) is 17.6 Å². The van der Waals surface area contributed by atoms with Crippen molar-refractivity contribution in [1.29, 1.82) is 0 Å². The molecule has 0 aromatic heterocycles. The zero-order valence-corrected chi connectivity index (χ0v) is 16.7. The number of hydrogen-bond acceptors (Lipinski definition) is 5. The summed E-state index contributed by atoms with van der Waals surface area (Å²) in [6.45, 7) is 4.05. The molecule has 0 saturated carbocycles. The van der Waals surface area contributed by atoms with Gasteiger partial charge in [0.2, 0.25) is 10.0 Å². The van der Waals surface area contributed by atoms with E-state index >= 15 is 0 Å². The first-order valence-electron chi connectivity index (χ1n) is 7.89. The van der Waals surface area contributed by atoms with Crippen LogP contribution in [0.5, 0.6) is 17.2 Å². The minimum absolute atomic E-state index is 0.0116. The Balaban J connectivity index is 2.03. The van der Waals surface area contributed by atoms with Gasteiger partial charge in [-0.2, -0.15) is 0 Å². The number of hydrogen-bond donors (Lipinski definition) is 1. The highest BCUT2D eigenvalue weighted by atomic mass is 35.5. The van der Waals surface area contributed by atoms with Gasteiger partial charge in [0.25, 0.3) is 0 Å². The predicted octanol–water partition coefficient (Wildman–Crippen LogP) is 3.33. The van der Waals surface area contributed by atoms with E-state index in [1.165, 1.54) is 20.3 Å². The van der Waals surface area contributed by atoms with Crippen molar-refractivity contribution in [2.75, 3.05) is 27.4 Å². The van der Waals surface area contributed by atoms with Crippen molar-refractivity contribution < 1.29 is 22.6 Å². The van der Waals surface area contributed by atoms with Crippen molar-refractivity contribution in [3.8, 4) is 17.2 Å². The summed E-state index contributed by atoms with van der Waals surface area (Å²) in [6, 6.07) is 8.22. The largest absolute Gasteiger partial charge is 0.497 e. The van der Waals surface area contributed by atoms with Gasteiger partial charge in [-0.25, -0.2) is 13.1 Å². The number of sulfonamides is 1. The Morgan fingerprint density at radius 2 is 1.65 bits per heavy atom. The van der Waals surface area contributed by atoms with Crippen molar-refractivity contribution in [1.82, 2.24) is 4.72 Å². The number of aryl methyl sites for hydroxylation is 2. The Hall–Kier alpha value is -1.96. The molecule has 6 nitrogen and oxygen atoms in total. The Labute approximate surface area is 159 Å². The van der Waals surface area contributed by atoms with Gasteiger partial charge in [-0.05, 0) is 49.2 Å². The van der Waals surface area contributed by atoms with E-state index in [0.717, 1.165) is 11.1 Å². The van der Waals surface area contributed by atoms with Crippen LogP contribution in [0.25, 0.3) is 0 Å². The van der Waals surface area contributed by atoms with Crippen LogP contribution in [0.1, 0.15) is 11.1 Å². The van der Waals surface area contributed by atoms with E-state index in [4.69, 9.17) is 25.8 Å². The maximum absolute atomic E-state index is 12.5. The third-order valence-corrected chi connectivity index (χ3v) is 5.81. The standard InChI is InChI=1S/C18H22ClNO5S/c1-12-9-15(10-13(2)18(12)19)25-8-7-20-26(21,22)17-11-14(23-3)5-6-16(17)24-4/h5-6,9-11,20H,7-8H2,1-4H3. The van der Waals surface area contributed by atoms with Crippen LogP contribution in [-0.2, 0) is 10.0 Å². The summed E-state index contributed by atoms with van der Waals surface area (Å²) >= 11 is 6.12. The highest BCUT2D eigenvalue weighted by Crippen LogP contribution is 2.28. The number of methoxy groups -OCH3 is 2. The molecule has 0 spiro atoms. The van der Waals surface area contributed by atoms with Crippen LogP contribution in [0.3, 0.4) is 0 Å². The predicted molar refractivity (Wildman–Crippen MR) is 101 cm³/mol. The highest BCUT2D eigenvalue weighted by molar-refractivity contribution is 7.89. The van der Waals surface area contributed by atoms with Gasteiger partial charge in [0.15, 0.2) is 0 Å². The smallest absolute Gasteiger partial charge is 0.244 e. The molecule has 2 rings (SSSR count). The number of benzene rings is 2. The lowest BCUT2D eigenvalue weighted by Crippen LogP contribution is -2.28. The quantitative estimate of drug-likeness (QED) is 0.689. The molecule has 2 aromatic carbocycles. The fraction of sp³-hybridized carbons (Fsp3) is 0.333. The second-order valence-corrected chi connectivity index (χ2v) is 7.75. The van der Waals surface area contributed by atoms with Crippen molar-refractivity contribution >= 4 is 21.6 Å². The fourth-order valence-corrected chi connectivity index (χ4v) is 3.71. The summed E-state index contributed by atoms with van der Waals surface area (Å²) in [5.41, 5.74) is 1.81. The molecule has 0 atom stereocenters. The van der Waals surface area contributed by atoms with Crippen molar-refractivity contribution in [2.45, 2.75) is 18.7 Å². The molecule has 0 saturated heterocycles. The molecule has 0 unspecified atom stereocenters. The van der Waals surface area contributed by atoms with E-state index in [0.29, 0.717) is 16.5 Å². The summed E-state index contributed by atoms with van der Waals surface area (Å²) in [4.78, 5) is 0.0116. The molecule has 1 N–H and O–H groups in total. The van der Waals surface area contributed by atoms with Crippen LogP contribution in [0, 0.1) is 13.8 Å². The molecule has 2 aromatic rings. The number of rotatable bonds is 8. The molecular formula is C18H22ClNO5S. The van der Waals surface area contributed by atoms with Gasteiger partial charge in [-0.15, -0.1) is 0 Å². The van der Waals surface area contributed by atoms with Crippen LogP contribution in [0.4, 0.5) is 0 Å². The molecule has 142 valence electrons. The van der Waals surface area contributed by atoms with Gasteiger partial charge in [-0.1, -0.05) is 11.6 Å². The van der Waals surface area contributed by atoms with Gasteiger partial charge >= 0.3 is 0 Å². The molecule has 0 aliphatic heterocycles. The van der Waals surface area contributed by atoms with Crippen LogP contribution >= 0.6 is 11.6 Å². The summed E-state index contributed by atoms with van der Waals surface area (Å²) in [5, 5.41) is 0.697. The minimum atomic E-state index is -3.77. The van der Waals surface area contributed by atoms with Crippen LogP contribution in [0.2, 0.25) is 5.02 Å². The number of nitrogens with one attached hydrogen (secondary N) is 1. The molecule has 0 bridgehead atoms. The van der Waals surface area contributed by atoms with Crippen molar-refractivity contribution in [3.63, 3.8) is 0 Å². The Morgan fingerprint density at radius 1 is 1.00 bits per heavy atom. The number of halogens is 1. The second-order valence-electron chi connectivity index (χ2n) is 5.63. The molecule has 0 aliphatic carbocycles. The van der Waals surface area contributed by atoms with Crippen LogP contribution in [-0.4, -0.2) is 35.8 Å². The molecule has 8 heteroatoms. The second kappa shape index (κ2) is 8.62. The van der Waals surface area contributed by atoms with E-state index in [1.54, 1.807) is 12.1 Å². The first-order chi connectivity index (χ1) is 12.3. The SMILES string of the molecule is COc1ccc(OC)c(S(=O)(=O)NCCOc2cc(C)c(Cl)c(C)c2)c1. The summed E-state index contributed by atoms with van der Waals surface area (Å²) in [7, 11) is -0.890. The Morgan fingerprint density at radius 3 is 2.23 bits per heavy atom. The zero-order valence-electron chi connectivity index (χ0n) is 15.1. The topological polar surface area (TPSA) is 73.9 Å².